The maximum absolute atomic E-state index is 12.8. The first kappa shape index (κ1) is 16.9. The van der Waals surface area contributed by atoms with Crippen LogP contribution in [0.15, 0.2) is 24.3 Å². The topological polar surface area (TPSA) is 61.4 Å². The molecule has 130 valence electrons. The summed E-state index contributed by atoms with van der Waals surface area (Å²) in [5.74, 6) is 0.0100. The Morgan fingerprint density at radius 3 is 2.33 bits per heavy atom. The van der Waals surface area contributed by atoms with Gasteiger partial charge in [0.1, 0.15) is 5.82 Å². The summed E-state index contributed by atoms with van der Waals surface area (Å²) in [6, 6.07) is 5.98. The highest BCUT2D eigenvalue weighted by atomic mass is 19.1. The first-order chi connectivity index (χ1) is 11.6. The highest BCUT2D eigenvalue weighted by Gasteiger charge is 2.28. The lowest BCUT2D eigenvalue weighted by Crippen LogP contribution is -2.48. The summed E-state index contributed by atoms with van der Waals surface area (Å²) in [6.45, 7) is 1.92. The second kappa shape index (κ2) is 7.75. The van der Waals surface area contributed by atoms with Gasteiger partial charge in [0.15, 0.2) is 0 Å². The van der Waals surface area contributed by atoms with Gasteiger partial charge >= 0.3 is 0 Å². The predicted molar refractivity (Wildman–Crippen MR) is 90.0 cm³/mol. The summed E-state index contributed by atoms with van der Waals surface area (Å²) in [7, 11) is 0. The van der Waals surface area contributed by atoms with Crippen LogP contribution in [0.3, 0.4) is 0 Å². The quantitative estimate of drug-likeness (QED) is 0.868. The number of hydrogen-bond donors (Lipinski definition) is 2. The molecule has 0 aromatic heterocycles. The minimum absolute atomic E-state index is 0.0986. The van der Waals surface area contributed by atoms with E-state index in [0.717, 1.165) is 38.8 Å². The normalized spacial score (nSPS) is 19.5. The maximum Gasteiger partial charge on any atom is 0.238 e. The summed E-state index contributed by atoms with van der Waals surface area (Å²) >= 11 is 0. The van der Waals surface area contributed by atoms with Crippen LogP contribution in [-0.2, 0) is 9.59 Å². The molecule has 1 aromatic carbocycles. The van der Waals surface area contributed by atoms with Crippen molar-refractivity contribution in [3.8, 4) is 0 Å². The van der Waals surface area contributed by atoms with E-state index in [9.17, 15) is 14.0 Å². The van der Waals surface area contributed by atoms with Crippen molar-refractivity contribution in [2.24, 2.45) is 5.92 Å². The molecule has 5 nitrogen and oxygen atoms in total. The molecule has 0 spiro atoms. The number of rotatable bonds is 5. The minimum atomic E-state index is -0.320. The Hall–Kier alpha value is -1.95. The van der Waals surface area contributed by atoms with E-state index >= 15 is 0 Å². The van der Waals surface area contributed by atoms with Crippen molar-refractivity contribution in [2.75, 3.05) is 25.0 Å². The molecule has 3 rings (SSSR count). The Balaban J connectivity index is 1.37. The van der Waals surface area contributed by atoms with E-state index in [2.05, 4.69) is 15.5 Å². The van der Waals surface area contributed by atoms with Gasteiger partial charge in [-0.2, -0.15) is 0 Å². The molecule has 0 unspecified atom stereocenters. The summed E-state index contributed by atoms with van der Waals surface area (Å²) in [4.78, 5) is 26.1. The lowest BCUT2D eigenvalue weighted by molar-refractivity contribution is -0.128. The zero-order valence-corrected chi connectivity index (χ0v) is 13.8. The molecule has 1 aliphatic heterocycles. The molecule has 0 atom stereocenters. The summed E-state index contributed by atoms with van der Waals surface area (Å²) in [6.07, 6.45) is 4.97. The molecular weight excluding hydrogens is 309 g/mol. The Labute approximate surface area is 141 Å². The molecule has 2 fully saturated rings. The SMILES string of the molecule is O=C(CN1CCC(NC(=O)C2CCC2)CC1)Nc1ccc(F)cc1. The molecule has 2 amide bonds. The Bertz CT molecular complexity index is 578. The van der Waals surface area contributed by atoms with Gasteiger partial charge in [-0.25, -0.2) is 4.39 Å². The predicted octanol–water partition coefficient (Wildman–Crippen LogP) is 2.14. The van der Waals surface area contributed by atoms with E-state index in [0.29, 0.717) is 12.2 Å². The van der Waals surface area contributed by atoms with Gasteiger partial charge in [0.2, 0.25) is 11.8 Å². The van der Waals surface area contributed by atoms with Gasteiger partial charge in [-0.05, 0) is 49.9 Å². The zero-order chi connectivity index (χ0) is 16.9. The smallest absolute Gasteiger partial charge is 0.238 e. The Kier molecular flexibility index (Phi) is 5.45. The third-order valence-electron chi connectivity index (χ3n) is 4.91. The molecular formula is C18H24FN3O2. The van der Waals surface area contributed by atoms with Gasteiger partial charge in [0.25, 0.3) is 0 Å². The summed E-state index contributed by atoms with van der Waals surface area (Å²) in [5.41, 5.74) is 0.601. The largest absolute Gasteiger partial charge is 0.353 e. The van der Waals surface area contributed by atoms with Crippen LogP contribution in [-0.4, -0.2) is 42.4 Å². The van der Waals surface area contributed by atoms with Crippen LogP contribution >= 0.6 is 0 Å². The van der Waals surface area contributed by atoms with Crippen LogP contribution in [0, 0.1) is 11.7 Å². The van der Waals surface area contributed by atoms with E-state index in [-0.39, 0.29) is 29.6 Å². The average Bonchev–Trinajstić information content (AvgIpc) is 2.50. The number of piperidine rings is 1. The molecule has 1 heterocycles. The molecule has 0 radical (unpaired) electrons. The third-order valence-corrected chi connectivity index (χ3v) is 4.91. The van der Waals surface area contributed by atoms with Crippen molar-refractivity contribution in [3.63, 3.8) is 0 Å². The standard InChI is InChI=1S/C18H24FN3O2/c19-14-4-6-15(7-5-14)20-17(23)12-22-10-8-16(9-11-22)21-18(24)13-2-1-3-13/h4-7,13,16H,1-3,8-12H2,(H,20,23)(H,21,24). The molecule has 1 aliphatic carbocycles. The molecule has 24 heavy (non-hydrogen) atoms. The first-order valence-electron chi connectivity index (χ1n) is 8.68. The minimum Gasteiger partial charge on any atom is -0.353 e. The van der Waals surface area contributed by atoms with Crippen LogP contribution in [0.2, 0.25) is 0 Å². The number of nitrogens with one attached hydrogen (secondary N) is 2. The zero-order valence-electron chi connectivity index (χ0n) is 13.8. The molecule has 1 saturated heterocycles. The van der Waals surface area contributed by atoms with Crippen molar-refractivity contribution in [1.82, 2.24) is 10.2 Å². The number of nitrogens with zero attached hydrogens (tertiary/aromatic N) is 1. The summed E-state index contributed by atoms with van der Waals surface area (Å²) < 4.78 is 12.8. The molecule has 2 aliphatic rings. The maximum atomic E-state index is 12.8. The molecule has 0 bridgehead atoms. The van der Waals surface area contributed by atoms with Gasteiger partial charge in [-0.15, -0.1) is 0 Å². The molecule has 2 N–H and O–H groups in total. The van der Waals surface area contributed by atoms with E-state index < -0.39 is 0 Å². The van der Waals surface area contributed by atoms with Crippen LogP contribution in [0.25, 0.3) is 0 Å². The van der Waals surface area contributed by atoms with Gasteiger partial charge in [0, 0.05) is 30.7 Å². The van der Waals surface area contributed by atoms with Gasteiger partial charge < -0.3 is 10.6 Å². The van der Waals surface area contributed by atoms with Gasteiger partial charge in [-0.1, -0.05) is 6.42 Å². The van der Waals surface area contributed by atoms with Gasteiger partial charge in [-0.3, -0.25) is 14.5 Å². The van der Waals surface area contributed by atoms with E-state index in [1.54, 1.807) is 12.1 Å². The second-order valence-electron chi connectivity index (χ2n) is 6.74. The van der Waals surface area contributed by atoms with Crippen molar-refractivity contribution >= 4 is 17.5 Å². The van der Waals surface area contributed by atoms with Crippen LogP contribution in [0.5, 0.6) is 0 Å². The number of benzene rings is 1. The fraction of sp³-hybridized carbons (Fsp3) is 0.556. The Morgan fingerprint density at radius 1 is 1.08 bits per heavy atom. The highest BCUT2D eigenvalue weighted by Crippen LogP contribution is 2.26. The fourth-order valence-corrected chi connectivity index (χ4v) is 3.16. The number of amides is 2. The van der Waals surface area contributed by atoms with E-state index in [4.69, 9.17) is 0 Å². The monoisotopic (exact) mass is 333 g/mol. The number of anilines is 1. The average molecular weight is 333 g/mol. The molecule has 1 aromatic rings. The number of halogens is 1. The number of hydrogen-bond acceptors (Lipinski definition) is 3. The highest BCUT2D eigenvalue weighted by molar-refractivity contribution is 5.92. The first-order valence-corrected chi connectivity index (χ1v) is 8.68. The number of carbonyl (C=O) groups excluding carboxylic acids is 2. The van der Waals surface area contributed by atoms with Crippen molar-refractivity contribution in [2.45, 2.75) is 38.1 Å². The van der Waals surface area contributed by atoms with E-state index in [1.165, 1.54) is 18.6 Å². The van der Waals surface area contributed by atoms with Crippen molar-refractivity contribution < 1.29 is 14.0 Å². The lowest BCUT2D eigenvalue weighted by Gasteiger charge is -2.33. The van der Waals surface area contributed by atoms with Crippen molar-refractivity contribution in [1.29, 1.82) is 0 Å². The lowest BCUT2D eigenvalue weighted by atomic mass is 9.84. The third kappa shape index (κ3) is 4.54. The van der Waals surface area contributed by atoms with Gasteiger partial charge in [0.05, 0.1) is 6.54 Å². The van der Waals surface area contributed by atoms with E-state index in [1.807, 2.05) is 0 Å². The van der Waals surface area contributed by atoms with Crippen LogP contribution < -0.4 is 10.6 Å². The number of carbonyl (C=O) groups is 2. The molecule has 1 saturated carbocycles. The second-order valence-corrected chi connectivity index (χ2v) is 6.74. The van der Waals surface area contributed by atoms with Crippen molar-refractivity contribution in [3.05, 3.63) is 30.1 Å². The van der Waals surface area contributed by atoms with Crippen LogP contribution in [0.4, 0.5) is 10.1 Å². The Morgan fingerprint density at radius 2 is 1.75 bits per heavy atom. The summed E-state index contributed by atoms with van der Waals surface area (Å²) in [5, 5.41) is 5.91. The van der Waals surface area contributed by atoms with Crippen LogP contribution in [0.1, 0.15) is 32.1 Å². The molecule has 6 heteroatoms. The fourth-order valence-electron chi connectivity index (χ4n) is 3.16. The number of likely N-dealkylation sites (tertiary alicyclic amines) is 1.